The lowest BCUT2D eigenvalue weighted by molar-refractivity contribution is 0.0949. The fraction of sp³-hybridized carbons (Fsp3) is 0.105. The predicted octanol–water partition coefficient (Wildman–Crippen LogP) is 3.54. The largest absolute Gasteiger partial charge is 0.455 e. The number of nitrogens with one attached hydrogen (secondary N) is 1. The highest BCUT2D eigenvalue weighted by Crippen LogP contribution is 2.19. The first-order valence-electron chi connectivity index (χ1n) is 7.91. The number of para-hydroxylation sites is 1. The lowest BCUT2D eigenvalue weighted by Gasteiger charge is -2.00. The van der Waals surface area contributed by atoms with E-state index in [0.717, 1.165) is 22.3 Å². The van der Waals surface area contributed by atoms with E-state index in [-0.39, 0.29) is 5.91 Å². The minimum absolute atomic E-state index is 0.350. The molecule has 0 spiro atoms. The zero-order valence-electron chi connectivity index (χ0n) is 13.9. The maximum Gasteiger partial charge on any atom is 0.291 e. The van der Waals surface area contributed by atoms with Crippen LogP contribution in [0.1, 0.15) is 28.9 Å². The number of fused-ring (bicyclic) bond motifs is 2. The molecule has 25 heavy (non-hydrogen) atoms. The van der Waals surface area contributed by atoms with Crippen LogP contribution in [0.3, 0.4) is 0 Å². The number of nitrogens with zero attached hydrogens (tertiary/aromatic N) is 3. The van der Waals surface area contributed by atoms with Gasteiger partial charge in [0.15, 0.2) is 11.5 Å². The Bertz CT molecular complexity index is 1090. The zero-order chi connectivity index (χ0) is 17.4. The lowest BCUT2D eigenvalue weighted by atomic mass is 10.2. The van der Waals surface area contributed by atoms with Gasteiger partial charge in [0.2, 0.25) is 0 Å². The van der Waals surface area contributed by atoms with E-state index in [1.54, 1.807) is 6.92 Å². The maximum absolute atomic E-state index is 12.4. The fourth-order valence-corrected chi connectivity index (χ4v) is 2.74. The van der Waals surface area contributed by atoms with Crippen molar-refractivity contribution in [3.8, 4) is 0 Å². The number of aromatic nitrogens is 2. The minimum Gasteiger partial charge on any atom is -0.455 e. The summed E-state index contributed by atoms with van der Waals surface area (Å²) in [6.45, 7) is 3.64. The number of benzene rings is 1. The highest BCUT2D eigenvalue weighted by Gasteiger charge is 2.15. The van der Waals surface area contributed by atoms with E-state index < -0.39 is 0 Å². The van der Waals surface area contributed by atoms with E-state index in [9.17, 15) is 4.79 Å². The van der Waals surface area contributed by atoms with E-state index in [2.05, 4.69) is 15.5 Å². The first-order chi connectivity index (χ1) is 12.1. The highest BCUT2D eigenvalue weighted by atomic mass is 16.3. The van der Waals surface area contributed by atoms with Crippen LogP contribution in [0.2, 0.25) is 0 Å². The molecule has 0 aliphatic heterocycles. The van der Waals surface area contributed by atoms with E-state index in [1.807, 2.05) is 66.1 Å². The second-order valence-electron chi connectivity index (χ2n) is 5.76. The Hall–Kier alpha value is -3.41. The monoisotopic (exact) mass is 332 g/mol. The Morgan fingerprint density at radius 3 is 2.80 bits per heavy atom. The van der Waals surface area contributed by atoms with Crippen molar-refractivity contribution in [2.45, 2.75) is 13.8 Å². The van der Waals surface area contributed by atoms with Crippen molar-refractivity contribution in [1.29, 1.82) is 0 Å². The summed E-state index contributed by atoms with van der Waals surface area (Å²) in [5.41, 5.74) is 5.78. The van der Waals surface area contributed by atoms with Gasteiger partial charge in [0.25, 0.3) is 5.91 Å². The molecule has 0 aliphatic rings. The molecule has 3 heterocycles. The van der Waals surface area contributed by atoms with Gasteiger partial charge in [-0.3, -0.25) is 4.79 Å². The van der Waals surface area contributed by atoms with Crippen LogP contribution in [0.25, 0.3) is 16.6 Å². The third kappa shape index (κ3) is 2.67. The van der Waals surface area contributed by atoms with Crippen molar-refractivity contribution in [3.63, 3.8) is 0 Å². The zero-order valence-corrected chi connectivity index (χ0v) is 13.9. The number of hydrogen-bond donors (Lipinski definition) is 1. The Morgan fingerprint density at radius 2 is 2.00 bits per heavy atom. The van der Waals surface area contributed by atoms with Crippen LogP contribution in [-0.4, -0.2) is 21.0 Å². The maximum atomic E-state index is 12.4. The first-order valence-corrected chi connectivity index (χ1v) is 7.91. The van der Waals surface area contributed by atoms with Gasteiger partial charge in [0.1, 0.15) is 16.9 Å². The normalized spacial score (nSPS) is 12.0. The van der Waals surface area contributed by atoms with Gasteiger partial charge in [-0.25, -0.2) is 10.4 Å². The van der Waals surface area contributed by atoms with Crippen LogP contribution >= 0.6 is 0 Å². The molecule has 1 N–H and O–H groups in total. The van der Waals surface area contributed by atoms with E-state index in [4.69, 9.17) is 4.42 Å². The lowest BCUT2D eigenvalue weighted by Crippen LogP contribution is -2.20. The number of carbonyl (C=O) groups is 1. The molecule has 0 unspecified atom stereocenters. The second kappa shape index (κ2) is 5.90. The van der Waals surface area contributed by atoms with Crippen LogP contribution in [0.15, 0.2) is 64.2 Å². The quantitative estimate of drug-likeness (QED) is 0.461. The highest BCUT2D eigenvalue weighted by molar-refractivity contribution is 6.01. The predicted molar refractivity (Wildman–Crippen MR) is 95.8 cm³/mol. The topological polar surface area (TPSA) is 71.9 Å². The molecule has 1 aromatic carbocycles. The fourth-order valence-electron chi connectivity index (χ4n) is 2.74. The summed E-state index contributed by atoms with van der Waals surface area (Å²) < 4.78 is 7.60. The van der Waals surface area contributed by atoms with E-state index >= 15 is 0 Å². The number of hydrogen-bond acceptors (Lipinski definition) is 4. The van der Waals surface area contributed by atoms with Crippen molar-refractivity contribution >= 4 is 28.2 Å². The number of hydrazone groups is 1. The van der Waals surface area contributed by atoms with Gasteiger partial charge < -0.3 is 8.82 Å². The number of furan rings is 1. The molecule has 0 atom stereocenters. The molecule has 0 fully saturated rings. The molecular weight excluding hydrogens is 316 g/mol. The molecule has 0 radical (unpaired) electrons. The van der Waals surface area contributed by atoms with Crippen molar-refractivity contribution in [3.05, 3.63) is 71.9 Å². The number of pyridine rings is 1. The molecule has 1 amide bonds. The number of aryl methyl sites for hydroxylation is 1. The van der Waals surface area contributed by atoms with Gasteiger partial charge in [-0.05, 0) is 38.1 Å². The smallest absolute Gasteiger partial charge is 0.291 e. The summed E-state index contributed by atoms with van der Waals surface area (Å²) in [5.74, 6) is 0.268. The van der Waals surface area contributed by atoms with Gasteiger partial charge in [-0.2, -0.15) is 5.10 Å². The molecule has 124 valence electrons. The van der Waals surface area contributed by atoms with Gasteiger partial charge in [0, 0.05) is 11.6 Å². The van der Waals surface area contributed by atoms with Crippen molar-refractivity contribution in [1.82, 2.24) is 14.8 Å². The molecule has 6 nitrogen and oxygen atoms in total. The van der Waals surface area contributed by atoms with Gasteiger partial charge in [-0.15, -0.1) is 0 Å². The molecular formula is C19H16N4O2. The Morgan fingerprint density at radius 1 is 1.20 bits per heavy atom. The Labute approximate surface area is 143 Å². The standard InChI is InChI=1S/C19H16N4O2/c1-12(16-11-14-7-3-4-8-15(14)25-16)21-22-19(24)18-13(2)23-10-6-5-9-17(23)20-18/h3-11H,1-2H3,(H,22,24)/b21-12+. The average Bonchev–Trinajstić information content (AvgIpc) is 3.21. The van der Waals surface area contributed by atoms with Crippen LogP contribution in [0.4, 0.5) is 0 Å². The van der Waals surface area contributed by atoms with E-state index in [1.165, 1.54) is 0 Å². The van der Waals surface area contributed by atoms with Crippen molar-refractivity contribution < 1.29 is 9.21 Å². The molecule has 4 aromatic rings. The van der Waals surface area contributed by atoms with Gasteiger partial charge in [-0.1, -0.05) is 24.3 Å². The molecule has 4 rings (SSSR count). The molecule has 0 aliphatic carbocycles. The van der Waals surface area contributed by atoms with Crippen LogP contribution < -0.4 is 5.43 Å². The first kappa shape index (κ1) is 15.1. The average molecular weight is 332 g/mol. The SMILES string of the molecule is C/C(=N\NC(=O)c1nc2ccccn2c1C)c1cc2ccccc2o1. The van der Waals surface area contributed by atoms with E-state index in [0.29, 0.717) is 17.2 Å². The van der Waals surface area contributed by atoms with Gasteiger partial charge in [0.05, 0.1) is 5.69 Å². The molecule has 6 heteroatoms. The Kier molecular flexibility index (Phi) is 3.57. The number of amides is 1. The number of rotatable bonds is 3. The molecule has 0 bridgehead atoms. The Balaban J connectivity index is 1.59. The number of imidazole rings is 1. The van der Waals surface area contributed by atoms with Gasteiger partial charge >= 0.3 is 0 Å². The summed E-state index contributed by atoms with van der Waals surface area (Å²) in [5, 5.41) is 5.15. The molecule has 0 saturated carbocycles. The second-order valence-corrected chi connectivity index (χ2v) is 5.76. The minimum atomic E-state index is -0.350. The summed E-state index contributed by atoms with van der Waals surface area (Å²) in [6, 6.07) is 15.3. The van der Waals surface area contributed by atoms with Crippen LogP contribution in [-0.2, 0) is 0 Å². The van der Waals surface area contributed by atoms with Crippen molar-refractivity contribution in [2.75, 3.05) is 0 Å². The summed E-state index contributed by atoms with van der Waals surface area (Å²) in [4.78, 5) is 16.8. The third-order valence-corrected chi connectivity index (χ3v) is 4.09. The van der Waals surface area contributed by atoms with Crippen molar-refractivity contribution in [2.24, 2.45) is 5.10 Å². The number of carbonyl (C=O) groups excluding carboxylic acids is 1. The van der Waals surface area contributed by atoms with Crippen LogP contribution in [0.5, 0.6) is 0 Å². The third-order valence-electron chi connectivity index (χ3n) is 4.09. The summed E-state index contributed by atoms with van der Waals surface area (Å²) in [6.07, 6.45) is 1.87. The summed E-state index contributed by atoms with van der Waals surface area (Å²) >= 11 is 0. The summed E-state index contributed by atoms with van der Waals surface area (Å²) in [7, 11) is 0. The molecule has 3 aromatic heterocycles. The van der Waals surface area contributed by atoms with Crippen LogP contribution in [0, 0.1) is 6.92 Å². The molecule has 0 saturated heterocycles.